The summed E-state index contributed by atoms with van der Waals surface area (Å²) in [6, 6.07) is 5.38. The van der Waals surface area contributed by atoms with Crippen LogP contribution in [0.4, 0.5) is 5.69 Å². The Morgan fingerprint density at radius 1 is 1.15 bits per heavy atom. The van der Waals surface area contributed by atoms with Crippen LogP contribution in [0.5, 0.6) is 0 Å². The van der Waals surface area contributed by atoms with E-state index in [1.165, 1.54) is 0 Å². The minimum absolute atomic E-state index is 0.0287. The number of likely N-dealkylation sites (N-methyl/N-ethyl adjacent to an activating group) is 1. The number of aliphatic hydroxyl groups is 1. The maximum atomic E-state index is 14.7. The molecule has 4 rings (SSSR count). The molecule has 0 radical (unpaired) electrons. The molecule has 2 bridgehead atoms. The molecule has 3 heterocycles. The van der Waals surface area contributed by atoms with E-state index in [0.717, 1.165) is 42.5 Å². The average molecular weight is 633 g/mol. The lowest BCUT2D eigenvalue weighted by Crippen LogP contribution is -2.56. The van der Waals surface area contributed by atoms with Gasteiger partial charge < -0.3 is 19.8 Å². The zero-order chi connectivity index (χ0) is 29.2. The first-order chi connectivity index (χ1) is 19.1. The Morgan fingerprint density at radius 2 is 1.85 bits per heavy atom. The number of nitrogens with zero attached hydrogens (tertiary/aromatic N) is 3. The Labute approximate surface area is 251 Å². The van der Waals surface area contributed by atoms with Crippen molar-refractivity contribution in [3.05, 3.63) is 54.6 Å². The van der Waals surface area contributed by atoms with Gasteiger partial charge in [0.15, 0.2) is 0 Å². The lowest BCUT2D eigenvalue weighted by Gasteiger charge is -2.38. The highest BCUT2D eigenvalue weighted by Crippen LogP contribution is 2.68. The zero-order valence-corrected chi connectivity index (χ0v) is 26.3. The largest absolute Gasteiger partial charge is 0.396 e. The normalized spacial score (nSPS) is 28.5. The number of aryl methyl sites for hydroxylation is 2. The van der Waals surface area contributed by atoms with Gasteiger partial charge in [0.1, 0.15) is 6.04 Å². The van der Waals surface area contributed by atoms with Crippen molar-refractivity contribution < 1.29 is 19.5 Å². The summed E-state index contributed by atoms with van der Waals surface area (Å²) >= 11 is 5.52. The van der Waals surface area contributed by atoms with E-state index < -0.39 is 22.6 Å². The Hall–Kier alpha value is -2.10. The minimum atomic E-state index is -0.690. The number of halogens is 1. The SMILES string of the molecule is C=CCN(C)C(=O)[C@H]1[C@H]2C(=O)N(CCCCCCO)C(C(=O)N(CC=C)c3cc(C)ccc3C)C23CC(Br)[C@@H]1S3. The van der Waals surface area contributed by atoms with Gasteiger partial charge in [0, 0.05) is 49.1 Å². The number of carbonyl (C=O) groups is 3. The van der Waals surface area contributed by atoms with Crippen LogP contribution in [0.15, 0.2) is 43.5 Å². The van der Waals surface area contributed by atoms with E-state index >= 15 is 0 Å². The molecule has 7 nitrogen and oxygen atoms in total. The summed E-state index contributed by atoms with van der Waals surface area (Å²) in [5.74, 6) is -1.30. The van der Waals surface area contributed by atoms with Crippen LogP contribution in [-0.4, -0.2) is 86.8 Å². The van der Waals surface area contributed by atoms with Gasteiger partial charge in [0.2, 0.25) is 11.8 Å². The van der Waals surface area contributed by atoms with Gasteiger partial charge in [-0.15, -0.1) is 24.9 Å². The monoisotopic (exact) mass is 631 g/mol. The van der Waals surface area contributed by atoms with Crippen LogP contribution < -0.4 is 4.90 Å². The first-order valence-electron chi connectivity index (χ1n) is 14.2. The van der Waals surface area contributed by atoms with Crippen LogP contribution in [0.3, 0.4) is 0 Å². The van der Waals surface area contributed by atoms with Crippen LogP contribution in [0, 0.1) is 25.7 Å². The molecule has 3 aliphatic rings. The number of likely N-dealkylation sites (tertiary alicyclic amines) is 1. The number of benzene rings is 1. The highest BCUT2D eigenvalue weighted by Gasteiger charge is 2.76. The Morgan fingerprint density at radius 3 is 2.52 bits per heavy atom. The van der Waals surface area contributed by atoms with Crippen molar-refractivity contribution in [3.63, 3.8) is 0 Å². The molecule has 0 aromatic heterocycles. The van der Waals surface area contributed by atoms with Gasteiger partial charge in [-0.1, -0.05) is 53.1 Å². The smallest absolute Gasteiger partial charge is 0.251 e. The van der Waals surface area contributed by atoms with Gasteiger partial charge in [0.25, 0.3) is 5.91 Å². The Kier molecular flexibility index (Phi) is 9.89. The van der Waals surface area contributed by atoms with Crippen molar-refractivity contribution in [2.24, 2.45) is 11.8 Å². The lowest BCUT2D eigenvalue weighted by atomic mass is 9.70. The number of thioether (sulfide) groups is 1. The summed E-state index contributed by atoms with van der Waals surface area (Å²) in [6.45, 7) is 13.0. The standard InChI is InChI=1S/C31H42BrN3O4S/c1-6-14-33(5)28(37)24-25-29(38)35(16-10-8-9-11-17-36)27(31(25)19-22(32)26(24)40-31)30(39)34(15-7-2)23-18-20(3)12-13-21(23)4/h6-7,12-13,18,22,24-27,36H,1-2,8-11,14-17,19H2,3-5H3/t22?,24-,25-,26-,27?,31?/m0/s1. The van der Waals surface area contributed by atoms with Gasteiger partial charge in [-0.2, -0.15) is 0 Å². The molecule has 0 saturated carbocycles. The van der Waals surface area contributed by atoms with Crippen LogP contribution >= 0.6 is 27.7 Å². The molecule has 1 N–H and O–H groups in total. The van der Waals surface area contributed by atoms with Crippen molar-refractivity contribution in [3.8, 4) is 0 Å². The van der Waals surface area contributed by atoms with Crippen LogP contribution in [0.1, 0.15) is 43.2 Å². The maximum Gasteiger partial charge on any atom is 0.251 e. The number of rotatable bonds is 13. The van der Waals surface area contributed by atoms with Crippen LogP contribution in [0.2, 0.25) is 0 Å². The first-order valence-corrected chi connectivity index (χ1v) is 16.0. The number of amides is 3. The van der Waals surface area contributed by atoms with Crippen molar-refractivity contribution in [2.75, 3.05) is 38.2 Å². The van der Waals surface area contributed by atoms with Gasteiger partial charge in [-0.3, -0.25) is 14.4 Å². The summed E-state index contributed by atoms with van der Waals surface area (Å²) in [5, 5.41) is 9.11. The summed E-state index contributed by atoms with van der Waals surface area (Å²) < 4.78 is -0.690. The number of hydrogen-bond acceptors (Lipinski definition) is 5. The van der Waals surface area contributed by atoms with Crippen molar-refractivity contribution >= 4 is 51.1 Å². The van der Waals surface area contributed by atoms with Crippen LogP contribution in [-0.2, 0) is 14.4 Å². The second kappa shape index (κ2) is 12.8. The summed E-state index contributed by atoms with van der Waals surface area (Å²) in [7, 11) is 1.75. The molecule has 3 amide bonds. The molecule has 1 aromatic carbocycles. The van der Waals surface area contributed by atoms with Crippen LogP contribution in [0.25, 0.3) is 0 Å². The molecule has 1 spiro atoms. The quantitative estimate of drug-likeness (QED) is 0.197. The predicted octanol–water partition coefficient (Wildman–Crippen LogP) is 4.48. The van der Waals surface area contributed by atoms with Gasteiger partial charge in [-0.05, 0) is 50.3 Å². The minimum Gasteiger partial charge on any atom is -0.396 e. The molecule has 0 aliphatic carbocycles. The van der Waals surface area contributed by atoms with Gasteiger partial charge >= 0.3 is 0 Å². The first kappa shape index (κ1) is 30.8. The number of aliphatic hydroxyl groups excluding tert-OH is 1. The second-order valence-electron chi connectivity index (χ2n) is 11.4. The molecule has 3 fully saturated rings. The van der Waals surface area contributed by atoms with Crippen molar-refractivity contribution in [2.45, 2.75) is 66.8 Å². The summed E-state index contributed by atoms with van der Waals surface area (Å²) in [6.07, 6.45) is 7.26. The molecule has 3 saturated heterocycles. The van der Waals surface area contributed by atoms with Gasteiger partial charge in [-0.25, -0.2) is 0 Å². The molecule has 6 atom stereocenters. The molecule has 1 aromatic rings. The van der Waals surface area contributed by atoms with Gasteiger partial charge in [0.05, 0.1) is 16.6 Å². The van der Waals surface area contributed by atoms with E-state index in [9.17, 15) is 19.5 Å². The molecule has 9 heteroatoms. The number of alkyl halides is 1. The topological polar surface area (TPSA) is 81.2 Å². The average Bonchev–Trinajstić information content (AvgIpc) is 3.51. The molecule has 218 valence electrons. The summed E-state index contributed by atoms with van der Waals surface area (Å²) in [4.78, 5) is 48.1. The zero-order valence-electron chi connectivity index (χ0n) is 23.9. The fourth-order valence-electron chi connectivity index (χ4n) is 6.81. The van der Waals surface area contributed by atoms with E-state index in [2.05, 4.69) is 29.1 Å². The maximum absolute atomic E-state index is 14.7. The number of hydrogen-bond donors (Lipinski definition) is 1. The molecule has 3 unspecified atom stereocenters. The number of carbonyl (C=O) groups excluding carboxylic acids is 3. The second-order valence-corrected chi connectivity index (χ2v) is 14.1. The third kappa shape index (κ3) is 5.41. The Balaban J connectivity index is 1.77. The van der Waals surface area contributed by atoms with E-state index in [-0.39, 0.29) is 34.4 Å². The highest BCUT2D eigenvalue weighted by atomic mass is 79.9. The molecule has 3 aliphatic heterocycles. The van der Waals surface area contributed by atoms with E-state index in [1.54, 1.807) is 45.7 Å². The summed E-state index contributed by atoms with van der Waals surface area (Å²) in [5.41, 5.74) is 2.86. The molecular formula is C31H42BrN3O4S. The number of unbranched alkanes of at least 4 members (excludes halogenated alkanes) is 3. The number of fused-ring (bicyclic) bond motifs is 1. The highest BCUT2D eigenvalue weighted by molar-refractivity contribution is 9.09. The lowest BCUT2D eigenvalue weighted by molar-refractivity contribution is -0.143. The fraction of sp³-hybridized carbons (Fsp3) is 0.581. The van der Waals surface area contributed by atoms with Crippen molar-refractivity contribution in [1.29, 1.82) is 0 Å². The van der Waals surface area contributed by atoms with Crippen molar-refractivity contribution in [1.82, 2.24) is 9.80 Å². The van der Waals surface area contributed by atoms with E-state index in [4.69, 9.17) is 0 Å². The predicted molar refractivity (Wildman–Crippen MR) is 166 cm³/mol. The third-order valence-corrected chi connectivity index (χ3v) is 11.8. The third-order valence-electron chi connectivity index (χ3n) is 8.63. The molecular weight excluding hydrogens is 590 g/mol. The number of anilines is 1. The molecule has 40 heavy (non-hydrogen) atoms. The van der Waals surface area contributed by atoms with E-state index in [1.807, 2.05) is 32.0 Å². The van der Waals surface area contributed by atoms with E-state index in [0.29, 0.717) is 26.1 Å². The fourth-order valence-corrected chi connectivity index (χ4v) is 10.4. The Bertz CT molecular complexity index is 1160.